The number of carbonyl (C=O) groups is 2. The van der Waals surface area contributed by atoms with Crippen molar-refractivity contribution in [3.63, 3.8) is 0 Å². The van der Waals surface area contributed by atoms with Crippen molar-refractivity contribution in [1.82, 2.24) is 10.6 Å². The van der Waals surface area contributed by atoms with Crippen molar-refractivity contribution in [3.8, 4) is 0 Å². The van der Waals surface area contributed by atoms with Crippen LogP contribution in [0.4, 0.5) is 0 Å². The molecule has 1 unspecified atom stereocenters. The Kier molecular flexibility index (Phi) is 5.75. The number of rotatable bonds is 6. The molecule has 1 heterocycles. The lowest BCUT2D eigenvalue weighted by Crippen LogP contribution is -2.31. The zero-order chi connectivity index (χ0) is 15.1. The van der Waals surface area contributed by atoms with E-state index in [0.717, 1.165) is 24.9 Å². The molecule has 21 heavy (non-hydrogen) atoms. The molecule has 0 radical (unpaired) electrons. The van der Waals surface area contributed by atoms with Gasteiger partial charge in [-0.2, -0.15) is 0 Å². The molecule has 1 saturated heterocycles. The minimum Gasteiger partial charge on any atom is -0.462 e. The molecule has 1 aliphatic rings. The lowest BCUT2D eigenvalue weighted by atomic mass is 10.1. The fraction of sp³-hybridized carbons (Fsp3) is 0.500. The second kappa shape index (κ2) is 7.78. The van der Waals surface area contributed by atoms with Crippen LogP contribution in [-0.4, -0.2) is 31.1 Å². The van der Waals surface area contributed by atoms with Gasteiger partial charge in [0, 0.05) is 19.0 Å². The van der Waals surface area contributed by atoms with Gasteiger partial charge >= 0.3 is 5.97 Å². The molecule has 0 saturated carbocycles. The van der Waals surface area contributed by atoms with Gasteiger partial charge in [0.25, 0.3) is 0 Å². The highest BCUT2D eigenvalue weighted by Gasteiger charge is 2.17. The van der Waals surface area contributed by atoms with Crippen LogP contribution in [0.2, 0.25) is 0 Å². The van der Waals surface area contributed by atoms with E-state index >= 15 is 0 Å². The van der Waals surface area contributed by atoms with Crippen LogP contribution in [0.1, 0.15) is 42.1 Å². The molecular formula is C16H22N2O3. The Bertz CT molecular complexity index is 479. The summed E-state index contributed by atoms with van der Waals surface area (Å²) >= 11 is 0. The van der Waals surface area contributed by atoms with Crippen molar-refractivity contribution in [2.45, 2.75) is 38.8 Å². The molecule has 1 fully saturated rings. The first kappa shape index (κ1) is 15.5. The Morgan fingerprint density at radius 2 is 2.10 bits per heavy atom. The van der Waals surface area contributed by atoms with Crippen LogP contribution in [0, 0.1) is 0 Å². The summed E-state index contributed by atoms with van der Waals surface area (Å²) in [5, 5.41) is 6.21. The Labute approximate surface area is 125 Å². The third-order valence-electron chi connectivity index (χ3n) is 3.55. The number of hydrogen-bond acceptors (Lipinski definition) is 4. The topological polar surface area (TPSA) is 67.4 Å². The maximum atomic E-state index is 11.8. The minimum atomic E-state index is -0.319. The maximum Gasteiger partial charge on any atom is 0.338 e. The molecule has 2 N–H and O–H groups in total. The van der Waals surface area contributed by atoms with Gasteiger partial charge in [-0.15, -0.1) is 0 Å². The molecule has 1 aliphatic heterocycles. The Morgan fingerprint density at radius 1 is 1.33 bits per heavy atom. The molecular weight excluding hydrogens is 268 g/mol. The Morgan fingerprint density at radius 3 is 2.71 bits per heavy atom. The predicted molar refractivity (Wildman–Crippen MR) is 79.9 cm³/mol. The van der Waals surface area contributed by atoms with E-state index in [9.17, 15) is 9.59 Å². The summed E-state index contributed by atoms with van der Waals surface area (Å²) in [7, 11) is 0. The number of carbonyl (C=O) groups excluding carboxylic acids is 2. The van der Waals surface area contributed by atoms with Crippen molar-refractivity contribution in [2.24, 2.45) is 0 Å². The fourth-order valence-electron chi connectivity index (χ4n) is 2.40. The first-order chi connectivity index (χ1) is 10.2. The van der Waals surface area contributed by atoms with Crippen molar-refractivity contribution >= 4 is 11.9 Å². The summed E-state index contributed by atoms with van der Waals surface area (Å²) in [6.07, 6.45) is 2.75. The number of ether oxygens (including phenoxy) is 1. The lowest BCUT2D eigenvalue weighted by Gasteiger charge is -2.10. The van der Waals surface area contributed by atoms with Crippen molar-refractivity contribution < 1.29 is 14.3 Å². The third-order valence-corrected chi connectivity index (χ3v) is 3.55. The smallest absolute Gasteiger partial charge is 0.338 e. The monoisotopic (exact) mass is 290 g/mol. The molecule has 1 amide bonds. The molecule has 1 aromatic rings. The van der Waals surface area contributed by atoms with E-state index in [1.54, 1.807) is 19.1 Å². The van der Waals surface area contributed by atoms with Crippen LogP contribution in [0.25, 0.3) is 0 Å². The van der Waals surface area contributed by atoms with Crippen LogP contribution in [-0.2, 0) is 16.1 Å². The second-order valence-electron chi connectivity index (χ2n) is 5.19. The molecule has 1 atom stereocenters. The molecule has 114 valence electrons. The lowest BCUT2D eigenvalue weighted by molar-refractivity contribution is -0.121. The highest BCUT2D eigenvalue weighted by Crippen LogP contribution is 2.09. The average Bonchev–Trinajstić information content (AvgIpc) is 2.99. The fourth-order valence-corrected chi connectivity index (χ4v) is 2.40. The van der Waals surface area contributed by atoms with E-state index in [1.165, 1.54) is 0 Å². The largest absolute Gasteiger partial charge is 0.462 e. The number of benzene rings is 1. The average molecular weight is 290 g/mol. The maximum absolute atomic E-state index is 11.8. The summed E-state index contributed by atoms with van der Waals surface area (Å²) < 4.78 is 4.92. The Balaban J connectivity index is 1.77. The van der Waals surface area contributed by atoms with Gasteiger partial charge in [-0.25, -0.2) is 4.79 Å². The van der Waals surface area contributed by atoms with Gasteiger partial charge < -0.3 is 15.4 Å². The van der Waals surface area contributed by atoms with Crippen LogP contribution in [0.15, 0.2) is 24.3 Å². The van der Waals surface area contributed by atoms with Crippen LogP contribution in [0.5, 0.6) is 0 Å². The SMILES string of the molecule is CCOC(=O)c1ccc(CNC(=O)CC2CCCN2)cc1. The van der Waals surface area contributed by atoms with Crippen molar-refractivity contribution in [2.75, 3.05) is 13.2 Å². The van der Waals surface area contributed by atoms with E-state index in [4.69, 9.17) is 4.74 Å². The number of esters is 1. The molecule has 5 nitrogen and oxygen atoms in total. The quantitative estimate of drug-likeness (QED) is 0.781. The zero-order valence-electron chi connectivity index (χ0n) is 12.4. The molecule has 1 aromatic carbocycles. The van der Waals surface area contributed by atoms with E-state index in [2.05, 4.69) is 10.6 Å². The van der Waals surface area contributed by atoms with Crippen LogP contribution >= 0.6 is 0 Å². The first-order valence-electron chi connectivity index (χ1n) is 7.45. The summed E-state index contributed by atoms with van der Waals surface area (Å²) in [5.41, 5.74) is 1.50. The molecule has 0 spiro atoms. The van der Waals surface area contributed by atoms with Gasteiger partial charge in [-0.05, 0) is 44.0 Å². The Hall–Kier alpha value is -1.88. The van der Waals surface area contributed by atoms with Crippen LogP contribution in [0.3, 0.4) is 0 Å². The van der Waals surface area contributed by atoms with Gasteiger partial charge in [-0.3, -0.25) is 4.79 Å². The van der Waals surface area contributed by atoms with Crippen molar-refractivity contribution in [3.05, 3.63) is 35.4 Å². The van der Waals surface area contributed by atoms with Gasteiger partial charge in [0.2, 0.25) is 5.91 Å². The molecule has 5 heteroatoms. The second-order valence-corrected chi connectivity index (χ2v) is 5.19. The number of amides is 1. The molecule has 0 aromatic heterocycles. The van der Waals surface area contributed by atoms with E-state index in [1.807, 2.05) is 12.1 Å². The molecule has 2 rings (SSSR count). The van der Waals surface area contributed by atoms with E-state index < -0.39 is 0 Å². The summed E-state index contributed by atoms with van der Waals surface area (Å²) in [4.78, 5) is 23.3. The summed E-state index contributed by atoms with van der Waals surface area (Å²) in [5.74, 6) is -0.260. The normalized spacial score (nSPS) is 17.5. The van der Waals surface area contributed by atoms with Crippen LogP contribution < -0.4 is 10.6 Å². The van der Waals surface area contributed by atoms with Gasteiger partial charge in [0.1, 0.15) is 0 Å². The van der Waals surface area contributed by atoms with Gasteiger partial charge in [0.05, 0.1) is 12.2 Å². The minimum absolute atomic E-state index is 0.0591. The number of hydrogen-bond donors (Lipinski definition) is 2. The first-order valence-corrected chi connectivity index (χ1v) is 7.45. The van der Waals surface area contributed by atoms with Crippen molar-refractivity contribution in [1.29, 1.82) is 0 Å². The summed E-state index contributed by atoms with van der Waals surface area (Å²) in [6.45, 7) is 3.63. The zero-order valence-corrected chi connectivity index (χ0v) is 12.4. The molecule has 0 bridgehead atoms. The predicted octanol–water partition coefficient (Wildman–Crippen LogP) is 1.62. The van der Waals surface area contributed by atoms with Gasteiger partial charge in [-0.1, -0.05) is 12.1 Å². The third kappa shape index (κ3) is 4.86. The highest BCUT2D eigenvalue weighted by atomic mass is 16.5. The van der Waals surface area contributed by atoms with E-state index in [-0.39, 0.29) is 11.9 Å². The number of nitrogens with one attached hydrogen (secondary N) is 2. The highest BCUT2D eigenvalue weighted by molar-refractivity contribution is 5.89. The summed E-state index contributed by atoms with van der Waals surface area (Å²) in [6, 6.07) is 7.42. The standard InChI is InChI=1S/C16H22N2O3/c1-2-21-16(20)13-7-5-12(6-8-13)11-18-15(19)10-14-4-3-9-17-14/h5-8,14,17H,2-4,9-11H2,1H3,(H,18,19). The molecule has 0 aliphatic carbocycles. The van der Waals surface area contributed by atoms with Gasteiger partial charge in [0.15, 0.2) is 0 Å². The van der Waals surface area contributed by atoms with E-state index in [0.29, 0.717) is 31.2 Å².